The summed E-state index contributed by atoms with van der Waals surface area (Å²) in [4.78, 5) is 39.5. The highest BCUT2D eigenvalue weighted by Gasteiger charge is 2.56. The molecule has 0 spiro atoms. The zero-order chi connectivity index (χ0) is 52.5. The lowest BCUT2D eigenvalue weighted by Gasteiger charge is -2.40. The zero-order valence-corrected chi connectivity index (χ0v) is 44.0. The molecule has 0 bridgehead atoms. The summed E-state index contributed by atoms with van der Waals surface area (Å²) in [5.74, 6) is -0.587. The Balaban J connectivity index is 0.869. The molecule has 3 aliphatic rings. The van der Waals surface area contributed by atoms with Crippen LogP contribution < -0.4 is 24.0 Å². The molecule has 6 aromatic rings. The number of hydrogen-bond donors (Lipinski definition) is 1. The molecule has 4 heterocycles. The predicted octanol–water partition coefficient (Wildman–Crippen LogP) is 11.6. The van der Waals surface area contributed by atoms with E-state index in [1.807, 2.05) is 53.4 Å². The van der Waals surface area contributed by atoms with Crippen molar-refractivity contribution in [3.8, 4) is 17.2 Å². The molecule has 1 amide bonds. The SMILES string of the molecule is CCCCCCCCOc1ccc(S2(c3ccc(N4CCN(c5ccc(OC[C@H]6OC[C@](Cn7cncn7)(c7ccc(F)cc7F)O6)cc5)CC4)cc3)C(=O)N(C(C)C)C(c3ccc(OCC(=O)O)cc3)C2C)cc1. The number of aromatic nitrogens is 3. The van der Waals surface area contributed by atoms with Crippen molar-refractivity contribution in [3.63, 3.8) is 0 Å². The van der Waals surface area contributed by atoms with Gasteiger partial charge in [-0.1, -0.05) is 64.2 Å². The van der Waals surface area contributed by atoms with Gasteiger partial charge in [0, 0.05) is 70.3 Å². The van der Waals surface area contributed by atoms with E-state index >= 15 is 9.18 Å². The van der Waals surface area contributed by atoms with Crippen LogP contribution in [0.25, 0.3) is 0 Å². The minimum atomic E-state index is -2.35. The molecule has 0 radical (unpaired) electrons. The van der Waals surface area contributed by atoms with Crippen LogP contribution in [-0.4, -0.2) is 106 Å². The Hall–Kier alpha value is -6.69. The summed E-state index contributed by atoms with van der Waals surface area (Å²) in [5.41, 5.74) is 2.02. The molecule has 75 heavy (non-hydrogen) atoms. The number of carbonyl (C=O) groups is 2. The fourth-order valence-electron chi connectivity index (χ4n) is 10.7. The van der Waals surface area contributed by atoms with Crippen LogP contribution in [-0.2, 0) is 26.4 Å². The first-order chi connectivity index (χ1) is 36.4. The number of carbonyl (C=O) groups excluding carboxylic acids is 1. The maximum atomic E-state index is 15.5. The normalized spacial score (nSPS) is 22.6. The third-order valence-corrected chi connectivity index (χ3v) is 18.7. The van der Waals surface area contributed by atoms with Crippen molar-refractivity contribution in [2.45, 2.75) is 112 Å². The molecule has 9 rings (SSSR count). The number of hydrogen-bond acceptors (Lipinski definition) is 11. The minimum absolute atomic E-state index is 0.00766. The Morgan fingerprint density at radius 3 is 1.99 bits per heavy atom. The molecular formula is C58H68F2N6O8S. The number of piperazine rings is 1. The van der Waals surface area contributed by atoms with Crippen molar-refractivity contribution in [1.29, 1.82) is 0 Å². The van der Waals surface area contributed by atoms with E-state index in [9.17, 15) is 14.3 Å². The summed E-state index contributed by atoms with van der Waals surface area (Å²) in [5, 5.41) is 13.3. The van der Waals surface area contributed by atoms with Crippen LogP contribution in [0, 0.1) is 11.6 Å². The molecule has 398 valence electrons. The van der Waals surface area contributed by atoms with Crippen molar-refractivity contribution >= 4 is 32.6 Å². The molecule has 1 aromatic heterocycles. The fraction of sp³-hybridized carbons (Fsp3) is 0.414. The Kier molecular flexibility index (Phi) is 16.9. The van der Waals surface area contributed by atoms with Gasteiger partial charge in [-0.2, -0.15) is 5.10 Å². The van der Waals surface area contributed by atoms with Gasteiger partial charge >= 0.3 is 5.97 Å². The van der Waals surface area contributed by atoms with Gasteiger partial charge in [-0.25, -0.2) is 23.2 Å². The van der Waals surface area contributed by atoms with Gasteiger partial charge in [0.05, 0.1) is 25.8 Å². The third kappa shape index (κ3) is 11.8. The second-order valence-corrected chi connectivity index (χ2v) is 23.1. The van der Waals surface area contributed by atoms with E-state index in [0.717, 1.165) is 77.6 Å². The number of benzene rings is 5. The predicted molar refractivity (Wildman–Crippen MR) is 285 cm³/mol. The summed E-state index contributed by atoms with van der Waals surface area (Å²) in [6.07, 6.45) is 9.18. The van der Waals surface area contributed by atoms with Crippen LogP contribution in [0.15, 0.2) is 138 Å². The summed E-state index contributed by atoms with van der Waals surface area (Å²) in [6.45, 7) is 12.1. The highest BCUT2D eigenvalue weighted by Crippen LogP contribution is 2.74. The number of anilines is 2. The van der Waals surface area contributed by atoms with Crippen molar-refractivity contribution in [3.05, 3.63) is 151 Å². The monoisotopic (exact) mass is 1050 g/mol. The number of nitrogens with zero attached hydrogens (tertiary/aromatic N) is 6. The van der Waals surface area contributed by atoms with Gasteiger partial charge in [0.2, 0.25) is 0 Å². The van der Waals surface area contributed by atoms with Gasteiger partial charge in [0.15, 0.2) is 12.9 Å². The summed E-state index contributed by atoms with van der Waals surface area (Å²) in [7, 11) is -2.35. The Morgan fingerprint density at radius 2 is 1.37 bits per heavy atom. The van der Waals surface area contributed by atoms with Crippen LogP contribution in [0.1, 0.15) is 83.4 Å². The zero-order valence-electron chi connectivity index (χ0n) is 43.2. The Bertz CT molecular complexity index is 2820. The highest BCUT2D eigenvalue weighted by molar-refractivity contribution is 8.45. The molecule has 3 saturated heterocycles. The first-order valence-electron chi connectivity index (χ1n) is 26.1. The van der Waals surface area contributed by atoms with E-state index in [4.69, 9.17) is 23.7 Å². The molecule has 3 unspecified atom stereocenters. The van der Waals surface area contributed by atoms with Crippen molar-refractivity contribution < 1.29 is 47.2 Å². The number of rotatable bonds is 23. The number of ether oxygens (including phenoxy) is 5. The number of halogens is 2. The quantitative estimate of drug-likeness (QED) is 0.0611. The van der Waals surface area contributed by atoms with Crippen LogP contribution in [0.2, 0.25) is 0 Å². The minimum Gasteiger partial charge on any atom is -0.494 e. The molecule has 5 atom stereocenters. The van der Waals surface area contributed by atoms with Gasteiger partial charge in [0.1, 0.15) is 53.7 Å². The number of amides is 1. The van der Waals surface area contributed by atoms with E-state index in [1.54, 1.807) is 12.1 Å². The van der Waals surface area contributed by atoms with Gasteiger partial charge in [-0.15, -0.1) is 10.0 Å². The van der Waals surface area contributed by atoms with Crippen LogP contribution in [0.3, 0.4) is 0 Å². The van der Waals surface area contributed by atoms with Crippen LogP contribution >= 0.6 is 10.0 Å². The van der Waals surface area contributed by atoms with Gasteiger partial charge in [-0.3, -0.25) is 4.79 Å². The lowest BCUT2D eigenvalue weighted by molar-refractivity contribution is -0.139. The molecule has 3 aliphatic heterocycles. The molecule has 17 heteroatoms. The fourth-order valence-corrected chi connectivity index (χ4v) is 15.0. The first-order valence-corrected chi connectivity index (χ1v) is 27.8. The summed E-state index contributed by atoms with van der Waals surface area (Å²) >= 11 is 0. The molecular weight excluding hydrogens is 979 g/mol. The molecule has 1 N–H and O–H groups in total. The van der Waals surface area contributed by atoms with E-state index in [1.165, 1.54) is 55.2 Å². The Morgan fingerprint density at radius 1 is 0.787 bits per heavy atom. The molecule has 14 nitrogen and oxygen atoms in total. The number of carboxylic acids is 1. The van der Waals surface area contributed by atoms with E-state index in [-0.39, 0.29) is 47.9 Å². The number of unbranched alkanes of at least 4 members (excludes halogenated alkanes) is 5. The lowest BCUT2D eigenvalue weighted by Crippen LogP contribution is -2.46. The summed E-state index contributed by atoms with van der Waals surface area (Å²) < 4.78 is 60.6. The second kappa shape index (κ2) is 23.9. The maximum Gasteiger partial charge on any atom is 0.341 e. The van der Waals surface area contributed by atoms with Gasteiger partial charge in [0.25, 0.3) is 5.24 Å². The summed E-state index contributed by atoms with van der Waals surface area (Å²) in [6, 6.07) is 35.3. The van der Waals surface area contributed by atoms with E-state index in [2.05, 4.69) is 84.0 Å². The standard InChI is InChI=1S/C58H68F2N6O8S/c1-5-6-7-8-9-10-33-70-47-22-26-51(27-23-47)75(42(4)56(66(41(2)3)57(75)69)43-11-18-48(19-12-43)71-35-54(67)68)50-24-16-46(17-25-50)64-31-29-63(30-32-64)45-14-20-49(21-15-45)72-36-55-73-38-58(74-55,37-65-40-61-39-62-65)52-28-13-44(59)34-53(52)60/h11-28,34,39-42,55-56H,5-10,29-33,35-38H2,1-4H3,(H,67,68)/t42?,55-,56?,58+/m0/s1. The molecule has 0 aliphatic carbocycles. The molecule has 5 aromatic carbocycles. The van der Waals surface area contributed by atoms with Crippen molar-refractivity contribution in [2.24, 2.45) is 0 Å². The first kappa shape index (κ1) is 53.1. The largest absolute Gasteiger partial charge is 0.494 e. The third-order valence-electron chi connectivity index (χ3n) is 14.5. The Labute approximate surface area is 439 Å². The highest BCUT2D eigenvalue weighted by atomic mass is 32.3. The lowest BCUT2D eigenvalue weighted by atomic mass is 9.94. The maximum absolute atomic E-state index is 15.5. The van der Waals surface area contributed by atoms with Crippen molar-refractivity contribution in [2.75, 3.05) is 62.4 Å². The van der Waals surface area contributed by atoms with Gasteiger partial charge in [-0.05, 0) is 117 Å². The van der Waals surface area contributed by atoms with Crippen LogP contribution in [0.5, 0.6) is 17.2 Å². The smallest absolute Gasteiger partial charge is 0.341 e. The number of aliphatic carboxylic acids is 1. The second-order valence-electron chi connectivity index (χ2n) is 19.8. The van der Waals surface area contributed by atoms with Crippen molar-refractivity contribution in [1.82, 2.24) is 19.7 Å². The average molecular weight is 1050 g/mol. The van der Waals surface area contributed by atoms with E-state index in [0.29, 0.717) is 18.1 Å². The average Bonchev–Trinajstić information content (AvgIpc) is 4.23. The topological polar surface area (TPSA) is 141 Å². The number of carboxylic acid groups (broad SMARTS) is 1. The molecule has 0 saturated carbocycles. The molecule has 3 fully saturated rings. The van der Waals surface area contributed by atoms with E-state index < -0.39 is 46.1 Å². The van der Waals surface area contributed by atoms with Crippen LogP contribution in [0.4, 0.5) is 25.0 Å². The van der Waals surface area contributed by atoms with Gasteiger partial charge < -0.3 is 43.5 Å².